The Kier molecular flexibility index (Phi) is 4.69. The van der Waals surface area contributed by atoms with Gasteiger partial charge in [0.1, 0.15) is 11.5 Å². The molecule has 2 rings (SSSR count). The zero-order valence-electron chi connectivity index (χ0n) is 12.1. The van der Waals surface area contributed by atoms with E-state index in [1.807, 2.05) is 13.8 Å². The maximum absolute atomic E-state index is 12.3. The van der Waals surface area contributed by atoms with E-state index >= 15 is 0 Å². The zero-order chi connectivity index (χ0) is 15.2. The third kappa shape index (κ3) is 3.68. The predicted molar refractivity (Wildman–Crippen MR) is 80.8 cm³/mol. The highest BCUT2D eigenvalue weighted by Crippen LogP contribution is 2.10. The molecule has 3 N–H and O–H groups in total. The molecule has 0 radical (unpaired) electrons. The summed E-state index contributed by atoms with van der Waals surface area (Å²) in [6, 6.07) is 5.22. The molecule has 0 spiro atoms. The van der Waals surface area contributed by atoms with Crippen molar-refractivity contribution >= 4 is 11.7 Å². The van der Waals surface area contributed by atoms with Crippen LogP contribution in [0.2, 0.25) is 0 Å². The maximum atomic E-state index is 12.3. The topological polar surface area (TPSA) is 85.8 Å². The largest absolute Gasteiger partial charge is 0.320 e. The van der Waals surface area contributed by atoms with E-state index in [2.05, 4.69) is 27.2 Å². The molecular weight excluding hydrogens is 266 g/mol. The summed E-state index contributed by atoms with van der Waals surface area (Å²) in [5, 5.41) is 7.00. The van der Waals surface area contributed by atoms with Crippen molar-refractivity contribution in [3.8, 4) is 11.8 Å². The van der Waals surface area contributed by atoms with E-state index in [4.69, 9.17) is 5.73 Å². The van der Waals surface area contributed by atoms with Crippen molar-refractivity contribution in [1.82, 2.24) is 14.8 Å². The van der Waals surface area contributed by atoms with Crippen LogP contribution in [0.1, 0.15) is 28.7 Å². The molecule has 1 amide bonds. The van der Waals surface area contributed by atoms with Crippen molar-refractivity contribution in [1.29, 1.82) is 0 Å². The van der Waals surface area contributed by atoms with Gasteiger partial charge in [0.05, 0.1) is 12.2 Å². The van der Waals surface area contributed by atoms with Crippen LogP contribution in [0.4, 0.5) is 5.82 Å². The van der Waals surface area contributed by atoms with Gasteiger partial charge in [0, 0.05) is 18.3 Å². The number of amides is 1. The van der Waals surface area contributed by atoms with Crippen LogP contribution < -0.4 is 11.1 Å². The van der Waals surface area contributed by atoms with Crippen molar-refractivity contribution in [3.05, 3.63) is 41.3 Å². The van der Waals surface area contributed by atoms with E-state index in [1.165, 1.54) is 0 Å². The first kappa shape index (κ1) is 14.8. The minimum atomic E-state index is -0.242. The highest BCUT2D eigenvalue weighted by atomic mass is 16.2. The zero-order valence-corrected chi connectivity index (χ0v) is 12.1. The molecule has 0 saturated heterocycles. The molecule has 0 saturated carbocycles. The first-order valence-corrected chi connectivity index (χ1v) is 6.64. The molecule has 0 aliphatic heterocycles. The van der Waals surface area contributed by atoms with Gasteiger partial charge in [-0.2, -0.15) is 5.10 Å². The lowest BCUT2D eigenvalue weighted by molar-refractivity contribution is 0.101. The Balaban J connectivity index is 2.19. The monoisotopic (exact) mass is 283 g/mol. The summed E-state index contributed by atoms with van der Waals surface area (Å²) in [5.74, 6) is 5.87. The molecule has 2 heterocycles. The van der Waals surface area contributed by atoms with E-state index in [9.17, 15) is 4.79 Å². The number of aryl methyl sites for hydroxylation is 2. The molecule has 21 heavy (non-hydrogen) atoms. The van der Waals surface area contributed by atoms with Crippen molar-refractivity contribution < 1.29 is 4.79 Å². The number of rotatable bonds is 3. The van der Waals surface area contributed by atoms with Crippen molar-refractivity contribution in [2.45, 2.75) is 20.4 Å². The van der Waals surface area contributed by atoms with E-state index in [0.29, 0.717) is 24.6 Å². The summed E-state index contributed by atoms with van der Waals surface area (Å²) in [7, 11) is 0. The second-order valence-electron chi connectivity index (χ2n) is 4.38. The first-order chi connectivity index (χ1) is 10.1. The van der Waals surface area contributed by atoms with Crippen LogP contribution in [-0.4, -0.2) is 27.2 Å². The number of nitrogens with two attached hydrogens (primary N) is 1. The van der Waals surface area contributed by atoms with Crippen molar-refractivity contribution in [2.24, 2.45) is 5.73 Å². The lowest BCUT2D eigenvalue weighted by Gasteiger charge is -2.06. The normalized spacial score (nSPS) is 9.86. The van der Waals surface area contributed by atoms with Gasteiger partial charge in [-0.15, -0.1) is 0 Å². The van der Waals surface area contributed by atoms with Crippen molar-refractivity contribution in [3.63, 3.8) is 0 Å². The first-order valence-electron chi connectivity index (χ1n) is 6.64. The second kappa shape index (κ2) is 6.68. The summed E-state index contributed by atoms with van der Waals surface area (Å²) in [6.07, 6.45) is 1.60. The molecule has 2 aromatic heterocycles. The Morgan fingerprint density at radius 2 is 2.29 bits per heavy atom. The Bertz CT molecular complexity index is 708. The lowest BCUT2D eigenvalue weighted by atomic mass is 10.2. The average Bonchev–Trinajstić information content (AvgIpc) is 2.87. The molecule has 0 aromatic carbocycles. The maximum Gasteiger partial charge on any atom is 0.275 e. The number of nitrogens with one attached hydrogen (secondary N) is 1. The molecule has 0 aliphatic carbocycles. The second-order valence-corrected chi connectivity index (χ2v) is 4.38. The van der Waals surface area contributed by atoms with Crippen LogP contribution >= 0.6 is 0 Å². The average molecular weight is 283 g/mol. The molecule has 0 atom stereocenters. The molecule has 6 nitrogen and oxygen atoms in total. The minimum absolute atomic E-state index is 0.242. The molecule has 6 heteroatoms. The Hall–Kier alpha value is -2.65. The van der Waals surface area contributed by atoms with Gasteiger partial charge in [-0.25, -0.2) is 4.98 Å². The standard InChI is InChI=1S/C15H17N5O/c1-3-20-13(9-11(2)19-20)15(21)18-14-10-12(5-4-7-16)6-8-17-14/h6,8-10H,3,7,16H2,1-2H3,(H,17,18,21). The van der Waals surface area contributed by atoms with Gasteiger partial charge in [-0.1, -0.05) is 11.8 Å². The van der Waals surface area contributed by atoms with Gasteiger partial charge in [-0.05, 0) is 32.0 Å². The molecule has 2 aromatic rings. The van der Waals surface area contributed by atoms with Crippen LogP contribution in [0.25, 0.3) is 0 Å². The number of aromatic nitrogens is 3. The smallest absolute Gasteiger partial charge is 0.275 e. The van der Waals surface area contributed by atoms with Gasteiger partial charge in [0.2, 0.25) is 0 Å². The quantitative estimate of drug-likeness (QED) is 0.828. The number of hydrogen-bond donors (Lipinski definition) is 2. The molecule has 0 fully saturated rings. The van der Waals surface area contributed by atoms with Gasteiger partial charge in [0.25, 0.3) is 5.91 Å². The number of anilines is 1. The summed E-state index contributed by atoms with van der Waals surface area (Å²) in [5.41, 5.74) is 7.40. The highest BCUT2D eigenvalue weighted by Gasteiger charge is 2.13. The van der Waals surface area contributed by atoms with Crippen LogP contribution in [0.5, 0.6) is 0 Å². The fourth-order valence-corrected chi connectivity index (χ4v) is 1.88. The Labute approximate surface area is 123 Å². The third-order valence-electron chi connectivity index (χ3n) is 2.77. The third-order valence-corrected chi connectivity index (χ3v) is 2.77. The van der Waals surface area contributed by atoms with Crippen LogP contribution in [0.3, 0.4) is 0 Å². The lowest BCUT2D eigenvalue weighted by Crippen LogP contribution is -2.18. The molecular formula is C15H17N5O. The van der Waals surface area contributed by atoms with Crippen LogP contribution in [-0.2, 0) is 6.54 Å². The summed E-state index contributed by atoms with van der Waals surface area (Å²) in [6.45, 7) is 4.71. The van der Waals surface area contributed by atoms with Crippen LogP contribution in [0, 0.1) is 18.8 Å². The number of hydrogen-bond acceptors (Lipinski definition) is 4. The predicted octanol–water partition coefficient (Wildman–Crippen LogP) is 1.17. The molecule has 0 bridgehead atoms. The summed E-state index contributed by atoms with van der Waals surface area (Å²) in [4.78, 5) is 16.4. The van der Waals surface area contributed by atoms with Gasteiger partial charge >= 0.3 is 0 Å². The van der Waals surface area contributed by atoms with Gasteiger partial charge < -0.3 is 11.1 Å². The van der Waals surface area contributed by atoms with E-state index in [-0.39, 0.29) is 5.91 Å². The summed E-state index contributed by atoms with van der Waals surface area (Å²) < 4.78 is 1.66. The van der Waals surface area contributed by atoms with Crippen LogP contribution in [0.15, 0.2) is 24.4 Å². The molecule has 0 aliphatic rings. The number of pyridine rings is 1. The van der Waals surface area contributed by atoms with Gasteiger partial charge in [0.15, 0.2) is 0 Å². The Morgan fingerprint density at radius 3 is 3.00 bits per heavy atom. The fraction of sp³-hybridized carbons (Fsp3) is 0.267. The molecule has 108 valence electrons. The van der Waals surface area contributed by atoms with E-state index in [0.717, 1.165) is 11.3 Å². The summed E-state index contributed by atoms with van der Waals surface area (Å²) >= 11 is 0. The van der Waals surface area contributed by atoms with Crippen molar-refractivity contribution in [2.75, 3.05) is 11.9 Å². The number of nitrogens with zero attached hydrogens (tertiary/aromatic N) is 3. The highest BCUT2D eigenvalue weighted by molar-refractivity contribution is 6.02. The van der Waals surface area contributed by atoms with Gasteiger partial charge in [-0.3, -0.25) is 9.48 Å². The van der Waals surface area contributed by atoms with E-state index < -0.39 is 0 Å². The number of carbonyl (C=O) groups excluding carboxylic acids is 1. The fourth-order valence-electron chi connectivity index (χ4n) is 1.88. The molecule has 0 unspecified atom stereocenters. The number of carbonyl (C=O) groups is 1. The Morgan fingerprint density at radius 1 is 1.48 bits per heavy atom. The SMILES string of the molecule is CCn1nc(C)cc1C(=O)Nc1cc(C#CCN)ccn1. The van der Waals surface area contributed by atoms with E-state index in [1.54, 1.807) is 29.1 Å². The minimum Gasteiger partial charge on any atom is -0.320 e.